The van der Waals surface area contributed by atoms with E-state index < -0.39 is 0 Å². The lowest BCUT2D eigenvalue weighted by atomic mass is 9.90. The van der Waals surface area contributed by atoms with Crippen molar-refractivity contribution >= 4 is 0 Å². The van der Waals surface area contributed by atoms with E-state index in [0.29, 0.717) is 0 Å². The molecule has 0 bridgehead atoms. The molecule has 0 atom stereocenters. The van der Waals surface area contributed by atoms with E-state index in [1.165, 1.54) is 55.2 Å². The van der Waals surface area contributed by atoms with Gasteiger partial charge in [0.15, 0.2) is 0 Å². The summed E-state index contributed by atoms with van der Waals surface area (Å²) in [6.07, 6.45) is 9.10. The molecule has 0 amide bonds. The zero-order valence-corrected chi connectivity index (χ0v) is 13.6. The molecule has 0 aliphatic carbocycles. The summed E-state index contributed by atoms with van der Waals surface area (Å²) < 4.78 is 0. The number of aryl methyl sites for hydroxylation is 1. The van der Waals surface area contributed by atoms with Crippen molar-refractivity contribution in [1.82, 2.24) is 0 Å². The minimum atomic E-state index is 1.13. The van der Waals surface area contributed by atoms with Gasteiger partial charge in [0.05, 0.1) is 0 Å². The predicted octanol–water partition coefficient (Wildman–Crippen LogP) is 6.43. The Bertz CT molecular complexity index is 525. The van der Waals surface area contributed by atoms with Crippen LogP contribution in [0, 0.1) is 0 Å². The first-order valence-corrected chi connectivity index (χ1v) is 8.53. The Kier molecular flexibility index (Phi) is 6.53. The monoisotopic (exact) mass is 280 g/mol. The Balaban J connectivity index is 2.17. The molecular formula is C21H28. The maximum atomic E-state index is 2.30. The summed E-state index contributed by atoms with van der Waals surface area (Å²) in [5, 5.41) is 0. The van der Waals surface area contributed by atoms with Gasteiger partial charge in [-0.1, -0.05) is 88.1 Å². The summed E-state index contributed by atoms with van der Waals surface area (Å²) in [5.41, 5.74) is 5.89. The zero-order chi connectivity index (χ0) is 14.9. The smallest absolute Gasteiger partial charge is 0.0149 e. The molecule has 2 rings (SSSR count). The molecular weight excluding hydrogens is 252 g/mol. The van der Waals surface area contributed by atoms with Gasteiger partial charge in [-0.3, -0.25) is 0 Å². The van der Waals surface area contributed by atoms with Gasteiger partial charge in [-0.25, -0.2) is 0 Å². The van der Waals surface area contributed by atoms with Crippen LogP contribution in [0.4, 0.5) is 0 Å². The van der Waals surface area contributed by atoms with Crippen molar-refractivity contribution in [3.8, 4) is 11.1 Å². The minimum Gasteiger partial charge on any atom is -0.0654 e. The molecule has 0 fully saturated rings. The Morgan fingerprint density at radius 1 is 0.714 bits per heavy atom. The van der Waals surface area contributed by atoms with Crippen LogP contribution in [-0.4, -0.2) is 0 Å². The first-order valence-electron chi connectivity index (χ1n) is 8.53. The normalized spacial score (nSPS) is 10.8. The van der Waals surface area contributed by atoms with Crippen molar-refractivity contribution < 1.29 is 0 Å². The maximum absolute atomic E-state index is 2.30. The lowest BCUT2D eigenvalue weighted by Crippen LogP contribution is -1.97. The van der Waals surface area contributed by atoms with Crippen molar-refractivity contribution in [3.05, 3.63) is 59.7 Å². The van der Waals surface area contributed by atoms with Gasteiger partial charge in [-0.05, 0) is 41.5 Å². The van der Waals surface area contributed by atoms with Gasteiger partial charge in [0.2, 0.25) is 0 Å². The van der Waals surface area contributed by atoms with Crippen LogP contribution in [0.3, 0.4) is 0 Å². The summed E-state index contributed by atoms with van der Waals surface area (Å²) in [6, 6.07) is 17.6. The summed E-state index contributed by atoms with van der Waals surface area (Å²) >= 11 is 0. The van der Waals surface area contributed by atoms with Gasteiger partial charge in [0.1, 0.15) is 0 Å². The molecule has 0 radical (unpaired) electrons. The van der Waals surface area contributed by atoms with Gasteiger partial charge in [0, 0.05) is 0 Å². The van der Waals surface area contributed by atoms with Gasteiger partial charge in [-0.15, -0.1) is 0 Å². The summed E-state index contributed by atoms with van der Waals surface area (Å²) in [6.45, 7) is 4.55. The first kappa shape index (κ1) is 15.8. The highest BCUT2D eigenvalue weighted by Crippen LogP contribution is 2.28. The molecule has 0 unspecified atom stereocenters. The Hall–Kier alpha value is -1.56. The quantitative estimate of drug-likeness (QED) is 0.489. The number of hydrogen-bond donors (Lipinski definition) is 0. The van der Waals surface area contributed by atoms with Crippen LogP contribution in [0.1, 0.15) is 57.1 Å². The fourth-order valence-electron chi connectivity index (χ4n) is 3.05. The van der Waals surface area contributed by atoms with Crippen molar-refractivity contribution in [2.45, 2.75) is 58.8 Å². The highest BCUT2D eigenvalue weighted by Gasteiger charge is 2.08. The molecule has 0 N–H and O–H groups in total. The van der Waals surface area contributed by atoms with Crippen LogP contribution >= 0.6 is 0 Å². The molecule has 21 heavy (non-hydrogen) atoms. The lowest BCUT2D eigenvalue weighted by Gasteiger charge is -2.14. The molecule has 0 nitrogen and oxygen atoms in total. The molecule has 2 aromatic rings. The zero-order valence-electron chi connectivity index (χ0n) is 13.6. The summed E-state index contributed by atoms with van der Waals surface area (Å²) in [7, 11) is 0. The van der Waals surface area contributed by atoms with Crippen molar-refractivity contribution in [2.75, 3.05) is 0 Å². The highest BCUT2D eigenvalue weighted by atomic mass is 14.1. The van der Waals surface area contributed by atoms with E-state index in [9.17, 15) is 0 Å². The van der Waals surface area contributed by atoms with Crippen LogP contribution < -0.4 is 0 Å². The second kappa shape index (κ2) is 8.67. The van der Waals surface area contributed by atoms with E-state index in [0.717, 1.165) is 6.42 Å². The van der Waals surface area contributed by atoms with Gasteiger partial charge in [0.25, 0.3) is 0 Å². The van der Waals surface area contributed by atoms with Crippen LogP contribution in [0.25, 0.3) is 11.1 Å². The number of benzene rings is 2. The fourth-order valence-corrected chi connectivity index (χ4v) is 3.05. The Morgan fingerprint density at radius 3 is 2.19 bits per heavy atom. The Labute approximate surface area is 130 Å². The van der Waals surface area contributed by atoms with Crippen LogP contribution in [0.5, 0.6) is 0 Å². The molecule has 0 spiro atoms. The van der Waals surface area contributed by atoms with Gasteiger partial charge < -0.3 is 0 Å². The second-order valence-corrected chi connectivity index (χ2v) is 5.83. The summed E-state index contributed by atoms with van der Waals surface area (Å²) in [4.78, 5) is 0. The SMILES string of the molecule is CCCCCCCc1c(CC)cccc1-c1ccccc1. The van der Waals surface area contributed by atoms with Crippen LogP contribution in [-0.2, 0) is 12.8 Å². The van der Waals surface area contributed by atoms with Crippen molar-refractivity contribution in [1.29, 1.82) is 0 Å². The van der Waals surface area contributed by atoms with Crippen LogP contribution in [0.2, 0.25) is 0 Å². The van der Waals surface area contributed by atoms with E-state index >= 15 is 0 Å². The molecule has 2 aromatic carbocycles. The molecule has 0 aliphatic rings. The van der Waals surface area contributed by atoms with E-state index in [-0.39, 0.29) is 0 Å². The minimum absolute atomic E-state index is 1.13. The van der Waals surface area contributed by atoms with Crippen molar-refractivity contribution in [3.63, 3.8) is 0 Å². The van der Waals surface area contributed by atoms with E-state index in [1.54, 1.807) is 5.56 Å². The van der Waals surface area contributed by atoms with E-state index in [2.05, 4.69) is 62.4 Å². The lowest BCUT2D eigenvalue weighted by molar-refractivity contribution is 0.631. The third-order valence-electron chi connectivity index (χ3n) is 4.27. The van der Waals surface area contributed by atoms with Crippen LogP contribution in [0.15, 0.2) is 48.5 Å². The fraction of sp³-hybridized carbons (Fsp3) is 0.429. The number of hydrogen-bond acceptors (Lipinski definition) is 0. The molecule has 0 saturated carbocycles. The molecule has 0 aromatic heterocycles. The molecule has 0 heterocycles. The number of unbranched alkanes of at least 4 members (excludes halogenated alkanes) is 4. The average Bonchev–Trinajstić information content (AvgIpc) is 2.55. The largest absolute Gasteiger partial charge is 0.0654 e. The van der Waals surface area contributed by atoms with Gasteiger partial charge in [-0.2, -0.15) is 0 Å². The standard InChI is InChI=1S/C21H28/c1-3-5-6-7-11-16-20-18(4-2)15-12-17-21(20)19-13-9-8-10-14-19/h8-10,12-15,17H,3-7,11,16H2,1-2H3. The van der Waals surface area contributed by atoms with Crippen molar-refractivity contribution in [2.24, 2.45) is 0 Å². The Morgan fingerprint density at radius 2 is 1.48 bits per heavy atom. The van der Waals surface area contributed by atoms with E-state index in [4.69, 9.17) is 0 Å². The molecule has 0 heteroatoms. The topological polar surface area (TPSA) is 0 Å². The molecule has 0 aliphatic heterocycles. The predicted molar refractivity (Wildman–Crippen MR) is 93.7 cm³/mol. The molecule has 112 valence electrons. The highest BCUT2D eigenvalue weighted by molar-refractivity contribution is 5.68. The average molecular weight is 280 g/mol. The maximum Gasteiger partial charge on any atom is -0.0149 e. The third-order valence-corrected chi connectivity index (χ3v) is 4.27. The third kappa shape index (κ3) is 4.46. The second-order valence-electron chi connectivity index (χ2n) is 5.83. The van der Waals surface area contributed by atoms with E-state index in [1.807, 2.05) is 0 Å². The number of rotatable bonds is 8. The summed E-state index contributed by atoms with van der Waals surface area (Å²) in [5.74, 6) is 0. The van der Waals surface area contributed by atoms with Gasteiger partial charge >= 0.3 is 0 Å². The first-order chi connectivity index (χ1) is 10.4. The molecule has 0 saturated heterocycles.